The Balaban J connectivity index is 5.41. The third-order valence-corrected chi connectivity index (χ3v) is 18.7. The number of phosphoric acid groups is 2. The summed E-state index contributed by atoms with van der Waals surface area (Å²) in [4.78, 5) is 72.9. The minimum absolute atomic E-state index is 0.0188. The zero-order valence-electron chi connectivity index (χ0n) is 63.4. The van der Waals surface area contributed by atoms with E-state index in [0.717, 1.165) is 141 Å². The van der Waals surface area contributed by atoms with Gasteiger partial charge in [0.1, 0.15) is 19.3 Å². The lowest BCUT2D eigenvalue weighted by Gasteiger charge is -2.21. The van der Waals surface area contributed by atoms with Crippen molar-refractivity contribution in [1.82, 2.24) is 0 Å². The van der Waals surface area contributed by atoms with E-state index in [1.807, 2.05) is 12.2 Å². The van der Waals surface area contributed by atoms with Crippen LogP contribution in [-0.4, -0.2) is 96.7 Å². The van der Waals surface area contributed by atoms with Gasteiger partial charge < -0.3 is 33.8 Å². The fraction of sp³-hybridized carbons (Fsp3) is 0.778. The highest BCUT2D eigenvalue weighted by Crippen LogP contribution is 2.45. The molecule has 0 aromatic rings. The monoisotopic (exact) mass is 1450 g/mol. The van der Waals surface area contributed by atoms with Crippen LogP contribution in [0.1, 0.15) is 349 Å². The van der Waals surface area contributed by atoms with Crippen LogP contribution in [0.25, 0.3) is 0 Å². The molecule has 0 amide bonds. The minimum atomic E-state index is -4.99. The molecule has 3 N–H and O–H groups in total. The highest BCUT2D eigenvalue weighted by molar-refractivity contribution is 7.47. The Morgan fingerprint density at radius 1 is 0.280 bits per heavy atom. The van der Waals surface area contributed by atoms with Crippen LogP contribution >= 0.6 is 15.6 Å². The van der Waals surface area contributed by atoms with Crippen LogP contribution in [0.5, 0.6) is 0 Å². The SMILES string of the molecule is CCCCC/C=C\C/C=C\C/C=C\C/C=C\CCCC(=O)O[C@H](COC(=O)CCCCCCC/C=C\CCCCCCCC)COP(=O)(O)OC[C@H](O)COP(=O)(O)OC[C@@H](COC(=O)CCCCCCC/C=C\CCCCCC)OC(=O)CCCCCCC/C=C\CCCCCCCC. The molecule has 0 rings (SSSR count). The molecular weight excluding hydrogens is 1310 g/mol. The van der Waals surface area contributed by atoms with E-state index >= 15 is 0 Å². The number of hydrogen-bond acceptors (Lipinski definition) is 15. The Morgan fingerprint density at radius 2 is 0.500 bits per heavy atom. The van der Waals surface area contributed by atoms with Gasteiger partial charge >= 0.3 is 39.5 Å². The van der Waals surface area contributed by atoms with Crippen molar-refractivity contribution in [3.8, 4) is 0 Å². The van der Waals surface area contributed by atoms with Crippen molar-refractivity contribution < 1.29 is 80.2 Å². The number of aliphatic hydroxyl groups excluding tert-OH is 1. The summed E-state index contributed by atoms with van der Waals surface area (Å²) in [5, 5.41) is 10.6. The normalized spacial score (nSPS) is 14.3. The van der Waals surface area contributed by atoms with Crippen molar-refractivity contribution in [3.63, 3.8) is 0 Å². The Hall–Kier alpha value is -3.76. The lowest BCUT2D eigenvalue weighted by Crippen LogP contribution is -2.30. The Morgan fingerprint density at radius 3 is 0.830 bits per heavy atom. The van der Waals surface area contributed by atoms with Crippen LogP contribution in [0, 0.1) is 0 Å². The number of esters is 4. The Bertz CT molecular complexity index is 2230. The molecule has 19 heteroatoms. The molecule has 0 aromatic heterocycles. The summed E-state index contributed by atoms with van der Waals surface area (Å²) >= 11 is 0. The number of allylic oxidation sites excluding steroid dienone is 14. The molecular formula is C81H144O17P2. The fourth-order valence-electron chi connectivity index (χ4n) is 10.7. The number of carbonyl (C=O) groups excluding carboxylic acids is 4. The molecule has 2 unspecified atom stereocenters. The van der Waals surface area contributed by atoms with E-state index in [4.69, 9.17) is 37.0 Å². The van der Waals surface area contributed by atoms with E-state index in [2.05, 4.69) is 101 Å². The van der Waals surface area contributed by atoms with Gasteiger partial charge in [0.2, 0.25) is 0 Å². The maximum atomic E-state index is 13.1. The van der Waals surface area contributed by atoms with Gasteiger partial charge in [0.25, 0.3) is 0 Å². The summed E-state index contributed by atoms with van der Waals surface area (Å²) < 4.78 is 68.5. The molecule has 0 aliphatic carbocycles. The predicted molar refractivity (Wildman–Crippen MR) is 409 cm³/mol. The van der Waals surface area contributed by atoms with Crippen LogP contribution in [0.15, 0.2) is 85.1 Å². The van der Waals surface area contributed by atoms with Crippen LogP contribution in [-0.2, 0) is 65.4 Å². The van der Waals surface area contributed by atoms with Gasteiger partial charge in [0.05, 0.1) is 26.4 Å². The fourth-order valence-corrected chi connectivity index (χ4v) is 12.2. The van der Waals surface area contributed by atoms with Crippen molar-refractivity contribution >= 4 is 39.5 Å². The highest BCUT2D eigenvalue weighted by atomic mass is 31.2. The first-order valence-electron chi connectivity index (χ1n) is 39.8. The first-order valence-corrected chi connectivity index (χ1v) is 42.8. The smallest absolute Gasteiger partial charge is 0.462 e. The molecule has 17 nitrogen and oxygen atoms in total. The number of rotatable bonds is 75. The Labute approximate surface area is 608 Å². The highest BCUT2D eigenvalue weighted by Gasteiger charge is 2.30. The summed E-state index contributed by atoms with van der Waals surface area (Å²) in [7, 11) is -9.97. The molecule has 0 spiro atoms. The number of ether oxygens (including phenoxy) is 4. The zero-order chi connectivity index (χ0) is 73.2. The van der Waals surface area contributed by atoms with E-state index in [9.17, 15) is 43.2 Å². The molecule has 0 aromatic carbocycles. The summed E-state index contributed by atoms with van der Waals surface area (Å²) in [6, 6.07) is 0. The maximum Gasteiger partial charge on any atom is 0.472 e. The molecule has 100 heavy (non-hydrogen) atoms. The van der Waals surface area contributed by atoms with Crippen LogP contribution in [0.4, 0.5) is 0 Å². The standard InChI is InChI=1S/C81H144O17P2/c1-5-9-13-17-21-25-29-33-36-37-40-44-48-52-56-60-64-68-81(86)98-77(72-92-79(84)66-62-58-54-50-46-42-38-34-30-26-22-18-14-10-6-2)74-96-100(89,90)94-70-75(82)69-93-99(87,88)95-73-76(71-91-78(83)65-61-57-53-49-45-41-32-28-24-20-16-12-8-4)97-80(85)67-63-59-55-51-47-43-39-35-31-27-23-19-15-11-7-3/h21,25,28,32-36,38-40,44,52,56,75-77,82H,5-20,22-24,26-27,29-31,37,41-43,45-51,53-55,57-74H2,1-4H3,(H,87,88)(H,89,90)/b25-21-,32-28-,36-33-,38-34-,39-35-,44-40-,56-52-/t75-,76-,77-/m1/s1. The van der Waals surface area contributed by atoms with Crippen molar-refractivity contribution in [2.24, 2.45) is 0 Å². The number of aliphatic hydroxyl groups is 1. The number of carbonyl (C=O) groups is 4. The van der Waals surface area contributed by atoms with Crippen LogP contribution in [0.3, 0.4) is 0 Å². The molecule has 0 fully saturated rings. The molecule has 580 valence electrons. The third-order valence-electron chi connectivity index (χ3n) is 16.8. The lowest BCUT2D eigenvalue weighted by atomic mass is 10.1. The molecule has 0 saturated carbocycles. The van der Waals surface area contributed by atoms with Gasteiger partial charge in [0, 0.05) is 25.7 Å². The quantitative estimate of drug-likeness (QED) is 0.0169. The third kappa shape index (κ3) is 72.6. The second-order valence-corrected chi connectivity index (χ2v) is 29.5. The molecule has 0 saturated heterocycles. The number of unbranched alkanes of at least 4 members (excludes halogenated alkanes) is 35. The average Bonchev–Trinajstić information content (AvgIpc) is 1.22. The number of phosphoric ester groups is 2. The molecule has 0 radical (unpaired) electrons. The molecule has 0 heterocycles. The molecule has 0 aliphatic heterocycles. The topological polar surface area (TPSA) is 237 Å². The van der Waals surface area contributed by atoms with Crippen LogP contribution < -0.4 is 0 Å². The number of hydrogen-bond donors (Lipinski definition) is 3. The van der Waals surface area contributed by atoms with Crippen molar-refractivity contribution in [1.29, 1.82) is 0 Å². The maximum absolute atomic E-state index is 13.1. The second-order valence-electron chi connectivity index (χ2n) is 26.6. The van der Waals surface area contributed by atoms with E-state index in [-0.39, 0.29) is 25.7 Å². The minimum Gasteiger partial charge on any atom is -0.462 e. The van der Waals surface area contributed by atoms with E-state index in [1.165, 1.54) is 122 Å². The summed E-state index contributed by atoms with van der Waals surface area (Å²) in [6.45, 7) is 4.77. The van der Waals surface area contributed by atoms with Gasteiger partial charge in [-0.1, -0.05) is 267 Å². The first-order chi connectivity index (χ1) is 48.7. The lowest BCUT2D eigenvalue weighted by molar-refractivity contribution is -0.161. The summed E-state index contributed by atoms with van der Waals surface area (Å²) in [5.41, 5.74) is 0. The zero-order valence-corrected chi connectivity index (χ0v) is 65.2. The van der Waals surface area contributed by atoms with Gasteiger partial charge in [0.15, 0.2) is 12.2 Å². The van der Waals surface area contributed by atoms with Crippen molar-refractivity contribution in [2.75, 3.05) is 39.6 Å². The van der Waals surface area contributed by atoms with Gasteiger partial charge in [-0.3, -0.25) is 37.3 Å². The molecule has 0 bridgehead atoms. The van der Waals surface area contributed by atoms with Gasteiger partial charge in [-0.05, 0) is 141 Å². The summed E-state index contributed by atoms with van der Waals surface area (Å²) in [6.07, 6.45) is 75.7. The largest absolute Gasteiger partial charge is 0.472 e. The second kappa shape index (κ2) is 73.5. The molecule has 0 aliphatic rings. The predicted octanol–water partition coefficient (Wildman–Crippen LogP) is 23.0. The Kier molecular flexibility index (Phi) is 70.8. The van der Waals surface area contributed by atoms with Gasteiger partial charge in [-0.25, -0.2) is 9.13 Å². The van der Waals surface area contributed by atoms with Crippen molar-refractivity contribution in [3.05, 3.63) is 85.1 Å². The van der Waals surface area contributed by atoms with E-state index in [1.54, 1.807) is 0 Å². The van der Waals surface area contributed by atoms with E-state index in [0.29, 0.717) is 32.1 Å². The first kappa shape index (κ1) is 96.2. The van der Waals surface area contributed by atoms with Crippen molar-refractivity contribution in [2.45, 2.75) is 367 Å². The molecule has 5 atom stereocenters. The van der Waals surface area contributed by atoms with Gasteiger partial charge in [-0.15, -0.1) is 0 Å². The van der Waals surface area contributed by atoms with E-state index < -0.39 is 97.5 Å². The van der Waals surface area contributed by atoms with Gasteiger partial charge in [-0.2, -0.15) is 0 Å². The average molecular weight is 1450 g/mol. The van der Waals surface area contributed by atoms with Crippen LogP contribution in [0.2, 0.25) is 0 Å². The summed E-state index contributed by atoms with van der Waals surface area (Å²) in [5.74, 6) is -2.25.